The normalized spacial score (nSPS) is 10.9. The van der Waals surface area contributed by atoms with Crippen LogP contribution in [-0.4, -0.2) is 9.97 Å². The lowest BCUT2D eigenvalue weighted by Gasteiger charge is -2.04. The van der Waals surface area contributed by atoms with Crippen LogP contribution in [0.25, 0.3) is 11.6 Å². The van der Waals surface area contributed by atoms with E-state index in [1.165, 1.54) is 0 Å². The molecule has 0 N–H and O–H groups in total. The van der Waals surface area contributed by atoms with E-state index in [0.29, 0.717) is 21.4 Å². The van der Waals surface area contributed by atoms with Gasteiger partial charge in [-0.05, 0) is 60.9 Å². The van der Waals surface area contributed by atoms with Gasteiger partial charge in [0.25, 0.3) is 0 Å². The molecule has 0 aliphatic heterocycles. The van der Waals surface area contributed by atoms with E-state index >= 15 is 0 Å². The molecule has 90 valence electrons. The number of hydrogen-bond donors (Lipinski definition) is 0. The fourth-order valence-electron chi connectivity index (χ4n) is 1.26. The Labute approximate surface area is 134 Å². The van der Waals surface area contributed by atoms with Crippen molar-refractivity contribution < 1.29 is 4.42 Å². The minimum atomic E-state index is 0.455. The van der Waals surface area contributed by atoms with Crippen molar-refractivity contribution in [2.75, 3.05) is 0 Å². The number of aromatic nitrogens is 2. The molecular weight excluding hydrogens is 486 g/mol. The largest absolute Gasteiger partial charge is 0.445 e. The summed E-state index contributed by atoms with van der Waals surface area (Å²) >= 11 is 14.8. The van der Waals surface area contributed by atoms with Gasteiger partial charge in [0, 0.05) is 6.07 Å². The second-order valence-corrected chi connectivity index (χ2v) is 6.20. The Morgan fingerprint density at radius 3 is 2.65 bits per heavy atom. The summed E-state index contributed by atoms with van der Waals surface area (Å²) < 4.78 is 7.81. The van der Waals surface area contributed by atoms with E-state index in [2.05, 4.69) is 64.4 Å². The van der Waals surface area contributed by atoms with Crippen molar-refractivity contribution in [2.24, 2.45) is 0 Å². The predicted octanol–water partition coefficient (Wildman–Crippen LogP) is 5.08. The zero-order chi connectivity index (χ0) is 12.6. The molecule has 7 heteroatoms. The summed E-state index contributed by atoms with van der Waals surface area (Å²) in [4.78, 5) is 8.66. The minimum absolute atomic E-state index is 0.455. The molecule has 0 atom stereocenters. The molecule has 17 heavy (non-hydrogen) atoms. The Kier molecular flexibility index (Phi) is 4.49. The van der Waals surface area contributed by atoms with E-state index in [0.717, 1.165) is 20.2 Å². The first-order valence-electron chi connectivity index (χ1n) is 4.70. The van der Waals surface area contributed by atoms with Crippen molar-refractivity contribution in [3.8, 4) is 11.6 Å². The van der Waals surface area contributed by atoms with Gasteiger partial charge in [0.2, 0.25) is 0 Å². The molecule has 0 fully saturated rings. The first-order valence-corrected chi connectivity index (χ1v) is 7.74. The van der Waals surface area contributed by atoms with Gasteiger partial charge < -0.3 is 4.42 Å². The lowest BCUT2D eigenvalue weighted by Crippen LogP contribution is -1.98. The van der Waals surface area contributed by atoms with Crippen molar-refractivity contribution in [3.63, 3.8) is 0 Å². The van der Waals surface area contributed by atoms with Crippen molar-refractivity contribution in [1.29, 1.82) is 0 Å². The molecule has 0 saturated carbocycles. The highest BCUT2D eigenvalue weighted by molar-refractivity contribution is 14.1. The topological polar surface area (TPSA) is 38.9 Å². The van der Waals surface area contributed by atoms with Gasteiger partial charge in [-0.15, -0.1) is 0 Å². The van der Waals surface area contributed by atoms with Crippen LogP contribution in [0.3, 0.4) is 0 Å². The Balaban J connectivity index is 2.56. The van der Waals surface area contributed by atoms with Crippen molar-refractivity contribution in [3.05, 3.63) is 29.6 Å². The molecule has 0 spiro atoms. The van der Waals surface area contributed by atoms with Crippen LogP contribution in [0.15, 0.2) is 19.6 Å². The van der Waals surface area contributed by atoms with Crippen LogP contribution < -0.4 is 0 Å². The van der Waals surface area contributed by atoms with Crippen LogP contribution in [0.1, 0.15) is 12.6 Å². The van der Waals surface area contributed by atoms with E-state index in [1.807, 2.05) is 13.0 Å². The second-order valence-electron chi connectivity index (χ2n) is 3.18. The van der Waals surface area contributed by atoms with E-state index in [9.17, 15) is 0 Å². The van der Waals surface area contributed by atoms with E-state index in [4.69, 9.17) is 16.0 Å². The molecule has 0 unspecified atom stereocenters. The van der Waals surface area contributed by atoms with E-state index < -0.39 is 0 Å². The molecule has 0 aliphatic carbocycles. The maximum atomic E-state index is 6.07. The van der Waals surface area contributed by atoms with Crippen LogP contribution >= 0.6 is 66.1 Å². The summed E-state index contributed by atoms with van der Waals surface area (Å²) in [5.41, 5.74) is 0.921. The van der Waals surface area contributed by atoms with Gasteiger partial charge in [0.15, 0.2) is 16.3 Å². The first kappa shape index (κ1) is 13.8. The molecule has 2 rings (SSSR count). The molecule has 2 aromatic rings. The predicted molar refractivity (Wildman–Crippen MR) is 82.2 cm³/mol. The van der Waals surface area contributed by atoms with Crippen LogP contribution in [-0.2, 0) is 6.42 Å². The second kappa shape index (κ2) is 5.54. The third-order valence-electron chi connectivity index (χ3n) is 2.08. The fraction of sp³-hybridized carbons (Fsp3) is 0.200. The lowest BCUT2D eigenvalue weighted by atomic mass is 10.3. The van der Waals surface area contributed by atoms with Crippen LogP contribution in [0, 0.1) is 3.57 Å². The molecule has 2 heterocycles. The highest BCUT2D eigenvalue weighted by Crippen LogP contribution is 2.32. The van der Waals surface area contributed by atoms with Gasteiger partial charge in [-0.25, -0.2) is 9.97 Å². The third kappa shape index (κ3) is 2.85. The summed E-state index contributed by atoms with van der Waals surface area (Å²) in [6.07, 6.45) is 0.802. The van der Waals surface area contributed by atoms with Crippen LogP contribution in [0.5, 0.6) is 0 Å². The Morgan fingerprint density at radius 2 is 2.12 bits per heavy atom. The Bertz CT molecular complexity index is 554. The summed E-state index contributed by atoms with van der Waals surface area (Å²) in [6, 6.07) is 1.81. The molecular formula is C10H6Br2ClIN2O. The van der Waals surface area contributed by atoms with Gasteiger partial charge in [-0.3, -0.25) is 0 Å². The van der Waals surface area contributed by atoms with Gasteiger partial charge in [-0.1, -0.05) is 18.5 Å². The molecule has 0 aliphatic rings. The molecule has 0 aromatic carbocycles. The summed E-state index contributed by atoms with van der Waals surface area (Å²) in [5, 5.41) is 0.455. The van der Waals surface area contributed by atoms with Gasteiger partial charge in [0.05, 0.1) is 13.7 Å². The zero-order valence-electron chi connectivity index (χ0n) is 8.60. The average molecular weight is 492 g/mol. The molecule has 0 bridgehead atoms. The van der Waals surface area contributed by atoms with Crippen LogP contribution in [0.2, 0.25) is 5.15 Å². The molecule has 0 amide bonds. The summed E-state index contributed by atoms with van der Waals surface area (Å²) in [5.74, 6) is 1.08. The molecule has 0 saturated heterocycles. The van der Waals surface area contributed by atoms with Gasteiger partial charge in [-0.2, -0.15) is 0 Å². The quantitative estimate of drug-likeness (QED) is 0.434. The van der Waals surface area contributed by atoms with Crippen molar-refractivity contribution >= 4 is 66.1 Å². The number of halogens is 4. The molecule has 0 radical (unpaired) electrons. The molecule has 2 aromatic heterocycles. The number of hydrogen-bond acceptors (Lipinski definition) is 3. The minimum Gasteiger partial charge on any atom is -0.445 e. The van der Waals surface area contributed by atoms with Crippen molar-refractivity contribution in [2.45, 2.75) is 13.3 Å². The van der Waals surface area contributed by atoms with Gasteiger partial charge in [0.1, 0.15) is 5.15 Å². The fourth-order valence-corrected chi connectivity index (χ4v) is 2.65. The Hall–Kier alpha value is 0.340. The lowest BCUT2D eigenvalue weighted by molar-refractivity contribution is 0.549. The van der Waals surface area contributed by atoms with Gasteiger partial charge >= 0.3 is 0 Å². The maximum absolute atomic E-state index is 6.07. The number of rotatable bonds is 2. The Morgan fingerprint density at radius 1 is 1.41 bits per heavy atom. The number of nitrogens with zero attached hydrogens (tertiary/aromatic N) is 2. The monoisotopic (exact) mass is 490 g/mol. The first-order chi connectivity index (χ1) is 8.02. The summed E-state index contributed by atoms with van der Waals surface area (Å²) in [7, 11) is 0. The van der Waals surface area contributed by atoms with Crippen molar-refractivity contribution in [1.82, 2.24) is 9.97 Å². The van der Waals surface area contributed by atoms with E-state index in [1.54, 1.807) is 0 Å². The number of furan rings is 1. The maximum Gasteiger partial charge on any atom is 0.197 e. The zero-order valence-corrected chi connectivity index (χ0v) is 14.7. The third-order valence-corrected chi connectivity index (χ3v) is 5.52. The standard InChI is InChI=1S/C10H6Br2ClIN2O/c1-2-5-7(14)9(13)16-10(15-5)6-3-4(11)8(12)17-6/h3H,2H2,1H3. The molecule has 3 nitrogen and oxygen atoms in total. The van der Waals surface area contributed by atoms with E-state index in [-0.39, 0.29) is 0 Å². The average Bonchev–Trinajstić information content (AvgIpc) is 2.63. The smallest absolute Gasteiger partial charge is 0.197 e. The highest BCUT2D eigenvalue weighted by Gasteiger charge is 2.15. The van der Waals surface area contributed by atoms with Crippen LogP contribution in [0.4, 0.5) is 0 Å². The SMILES string of the molecule is CCc1nc(-c2cc(Br)c(Br)o2)nc(Cl)c1I. The summed E-state index contributed by atoms with van der Waals surface area (Å²) in [6.45, 7) is 2.03. The highest BCUT2D eigenvalue weighted by atomic mass is 127. The number of aryl methyl sites for hydroxylation is 1.